The molecular formula is C9H14N2OS. The number of thiazole rings is 1. The summed E-state index contributed by atoms with van der Waals surface area (Å²) in [5, 5.41) is 5.17. The summed E-state index contributed by atoms with van der Waals surface area (Å²) in [5.74, 6) is 0.562. The van der Waals surface area contributed by atoms with Gasteiger partial charge < -0.3 is 5.32 Å². The maximum absolute atomic E-state index is 11.3. The number of nitrogens with one attached hydrogen (secondary N) is 1. The van der Waals surface area contributed by atoms with E-state index in [1.165, 1.54) is 11.3 Å². The summed E-state index contributed by atoms with van der Waals surface area (Å²) in [5.41, 5.74) is 0. The Balaban J connectivity index is 2.27. The molecule has 0 saturated carbocycles. The molecule has 1 aromatic heterocycles. The molecule has 4 heteroatoms. The summed E-state index contributed by atoms with van der Waals surface area (Å²) in [6.45, 7) is 5.00. The van der Waals surface area contributed by atoms with Gasteiger partial charge in [0.15, 0.2) is 5.01 Å². The topological polar surface area (TPSA) is 42.0 Å². The molecule has 1 aromatic rings. The molecule has 0 aromatic carbocycles. The van der Waals surface area contributed by atoms with Crippen LogP contribution in [0.15, 0.2) is 11.6 Å². The first-order valence-corrected chi connectivity index (χ1v) is 5.26. The van der Waals surface area contributed by atoms with Crippen molar-refractivity contribution in [1.29, 1.82) is 0 Å². The SMILES string of the molecule is CC(C)CCNC(=O)c1nccs1. The number of amides is 1. The second-order valence-electron chi connectivity index (χ2n) is 3.28. The van der Waals surface area contributed by atoms with Crippen molar-refractivity contribution in [1.82, 2.24) is 10.3 Å². The van der Waals surface area contributed by atoms with Gasteiger partial charge in [0, 0.05) is 18.1 Å². The fourth-order valence-corrected chi connectivity index (χ4v) is 1.44. The maximum atomic E-state index is 11.3. The lowest BCUT2D eigenvalue weighted by Crippen LogP contribution is -2.25. The van der Waals surface area contributed by atoms with Gasteiger partial charge in [0.2, 0.25) is 0 Å². The van der Waals surface area contributed by atoms with Crippen LogP contribution in [-0.4, -0.2) is 17.4 Å². The van der Waals surface area contributed by atoms with Gasteiger partial charge in [-0.1, -0.05) is 13.8 Å². The Kier molecular flexibility index (Phi) is 3.89. The molecule has 0 aliphatic rings. The van der Waals surface area contributed by atoms with E-state index in [0.29, 0.717) is 10.9 Å². The van der Waals surface area contributed by atoms with Gasteiger partial charge in [-0.05, 0) is 12.3 Å². The van der Waals surface area contributed by atoms with Gasteiger partial charge in [-0.25, -0.2) is 4.98 Å². The third-order valence-electron chi connectivity index (χ3n) is 1.63. The van der Waals surface area contributed by atoms with Crippen molar-refractivity contribution < 1.29 is 4.79 Å². The molecule has 0 aliphatic carbocycles. The molecular weight excluding hydrogens is 184 g/mol. The zero-order valence-electron chi connectivity index (χ0n) is 7.91. The molecule has 3 nitrogen and oxygen atoms in total. The number of aromatic nitrogens is 1. The molecule has 0 bridgehead atoms. The van der Waals surface area contributed by atoms with Crippen LogP contribution in [-0.2, 0) is 0 Å². The number of carbonyl (C=O) groups excluding carboxylic acids is 1. The molecule has 0 saturated heterocycles. The van der Waals surface area contributed by atoms with Crippen molar-refractivity contribution in [2.24, 2.45) is 5.92 Å². The fraction of sp³-hybridized carbons (Fsp3) is 0.556. The van der Waals surface area contributed by atoms with Gasteiger partial charge >= 0.3 is 0 Å². The quantitative estimate of drug-likeness (QED) is 0.803. The highest BCUT2D eigenvalue weighted by molar-refractivity contribution is 7.11. The van der Waals surface area contributed by atoms with E-state index in [2.05, 4.69) is 24.1 Å². The van der Waals surface area contributed by atoms with Crippen LogP contribution in [0.5, 0.6) is 0 Å². The first-order valence-electron chi connectivity index (χ1n) is 4.38. The van der Waals surface area contributed by atoms with Crippen molar-refractivity contribution in [3.05, 3.63) is 16.6 Å². The fourth-order valence-electron chi connectivity index (χ4n) is 0.886. The van der Waals surface area contributed by atoms with Gasteiger partial charge in [-0.15, -0.1) is 11.3 Å². The summed E-state index contributed by atoms with van der Waals surface area (Å²) >= 11 is 1.37. The average molecular weight is 198 g/mol. The van der Waals surface area contributed by atoms with Crippen molar-refractivity contribution in [3.63, 3.8) is 0 Å². The van der Waals surface area contributed by atoms with Gasteiger partial charge in [-0.3, -0.25) is 4.79 Å². The lowest BCUT2D eigenvalue weighted by molar-refractivity contribution is 0.0951. The van der Waals surface area contributed by atoms with E-state index in [9.17, 15) is 4.79 Å². The minimum absolute atomic E-state index is 0.0596. The van der Waals surface area contributed by atoms with Crippen LogP contribution in [0.3, 0.4) is 0 Å². The molecule has 72 valence electrons. The summed E-state index contributed by atoms with van der Waals surface area (Å²) in [6.07, 6.45) is 2.65. The van der Waals surface area contributed by atoms with E-state index in [-0.39, 0.29) is 5.91 Å². The van der Waals surface area contributed by atoms with Crippen molar-refractivity contribution in [3.8, 4) is 0 Å². The summed E-state index contributed by atoms with van der Waals surface area (Å²) < 4.78 is 0. The number of rotatable bonds is 4. The second-order valence-corrected chi connectivity index (χ2v) is 4.17. The van der Waals surface area contributed by atoms with Crippen LogP contribution >= 0.6 is 11.3 Å². The molecule has 0 fully saturated rings. The van der Waals surface area contributed by atoms with E-state index in [1.54, 1.807) is 11.6 Å². The molecule has 1 rings (SSSR count). The highest BCUT2D eigenvalue weighted by Crippen LogP contribution is 2.03. The van der Waals surface area contributed by atoms with Crippen LogP contribution in [0.25, 0.3) is 0 Å². The lowest BCUT2D eigenvalue weighted by atomic mass is 10.1. The Morgan fingerprint density at radius 2 is 2.46 bits per heavy atom. The Bertz CT molecular complexity index is 257. The van der Waals surface area contributed by atoms with Crippen LogP contribution in [0.4, 0.5) is 0 Å². The minimum atomic E-state index is -0.0596. The number of carbonyl (C=O) groups is 1. The molecule has 1 amide bonds. The van der Waals surface area contributed by atoms with E-state index >= 15 is 0 Å². The predicted molar refractivity (Wildman–Crippen MR) is 53.9 cm³/mol. The van der Waals surface area contributed by atoms with Gasteiger partial charge in [-0.2, -0.15) is 0 Å². The normalized spacial score (nSPS) is 10.4. The zero-order chi connectivity index (χ0) is 9.68. The zero-order valence-corrected chi connectivity index (χ0v) is 8.73. The Morgan fingerprint density at radius 3 is 3.00 bits per heavy atom. The van der Waals surface area contributed by atoms with Crippen LogP contribution in [0.1, 0.15) is 30.1 Å². The second kappa shape index (κ2) is 4.97. The van der Waals surface area contributed by atoms with Gasteiger partial charge in [0.1, 0.15) is 0 Å². The number of hydrogen-bond donors (Lipinski definition) is 1. The van der Waals surface area contributed by atoms with Crippen molar-refractivity contribution in [2.45, 2.75) is 20.3 Å². The lowest BCUT2D eigenvalue weighted by Gasteiger charge is -2.04. The third kappa shape index (κ3) is 3.55. The molecule has 0 atom stereocenters. The smallest absolute Gasteiger partial charge is 0.280 e. The highest BCUT2D eigenvalue weighted by Gasteiger charge is 2.06. The monoisotopic (exact) mass is 198 g/mol. The van der Waals surface area contributed by atoms with Crippen LogP contribution < -0.4 is 5.32 Å². The largest absolute Gasteiger partial charge is 0.350 e. The highest BCUT2D eigenvalue weighted by atomic mass is 32.1. The number of hydrogen-bond acceptors (Lipinski definition) is 3. The maximum Gasteiger partial charge on any atom is 0.280 e. The Morgan fingerprint density at radius 1 is 1.69 bits per heavy atom. The van der Waals surface area contributed by atoms with Crippen LogP contribution in [0, 0.1) is 5.92 Å². The Labute approximate surface area is 82.2 Å². The Hall–Kier alpha value is -0.900. The van der Waals surface area contributed by atoms with E-state index < -0.39 is 0 Å². The van der Waals surface area contributed by atoms with E-state index in [1.807, 2.05) is 0 Å². The average Bonchev–Trinajstić information content (AvgIpc) is 2.55. The van der Waals surface area contributed by atoms with Crippen molar-refractivity contribution in [2.75, 3.05) is 6.54 Å². The van der Waals surface area contributed by atoms with Gasteiger partial charge in [0.25, 0.3) is 5.91 Å². The molecule has 0 spiro atoms. The van der Waals surface area contributed by atoms with Gasteiger partial charge in [0.05, 0.1) is 0 Å². The predicted octanol–water partition coefficient (Wildman–Crippen LogP) is 1.92. The molecule has 0 unspecified atom stereocenters. The van der Waals surface area contributed by atoms with Crippen LogP contribution in [0.2, 0.25) is 0 Å². The summed E-state index contributed by atoms with van der Waals surface area (Å²) in [6, 6.07) is 0. The third-order valence-corrected chi connectivity index (χ3v) is 2.41. The molecule has 1 N–H and O–H groups in total. The first-order chi connectivity index (χ1) is 6.20. The number of nitrogens with zero attached hydrogens (tertiary/aromatic N) is 1. The van der Waals surface area contributed by atoms with E-state index in [4.69, 9.17) is 0 Å². The summed E-state index contributed by atoms with van der Waals surface area (Å²) in [4.78, 5) is 15.2. The molecule has 0 radical (unpaired) electrons. The molecule has 13 heavy (non-hydrogen) atoms. The van der Waals surface area contributed by atoms with E-state index in [0.717, 1.165) is 13.0 Å². The molecule has 1 heterocycles. The van der Waals surface area contributed by atoms with Crippen molar-refractivity contribution >= 4 is 17.2 Å². The summed E-state index contributed by atoms with van der Waals surface area (Å²) in [7, 11) is 0. The molecule has 0 aliphatic heterocycles. The first kappa shape index (κ1) is 10.2. The minimum Gasteiger partial charge on any atom is -0.350 e. The standard InChI is InChI=1S/C9H14N2OS/c1-7(2)3-4-10-8(12)9-11-5-6-13-9/h5-7H,3-4H2,1-2H3,(H,10,12).